The lowest BCUT2D eigenvalue weighted by Crippen LogP contribution is -2.44. The second-order valence-electron chi connectivity index (χ2n) is 6.87. The Morgan fingerprint density at radius 1 is 1.15 bits per heavy atom. The molecule has 1 aromatic carbocycles. The fraction of sp³-hybridized carbons (Fsp3) is 0.500. The number of aryl methyl sites for hydroxylation is 2. The van der Waals surface area contributed by atoms with Gasteiger partial charge in [0.2, 0.25) is 10.0 Å². The van der Waals surface area contributed by atoms with Crippen LogP contribution in [0.4, 0.5) is 13.2 Å². The van der Waals surface area contributed by atoms with E-state index in [1.54, 1.807) is 18.2 Å². The zero-order valence-electron chi connectivity index (χ0n) is 15.8. The molecular weight excluding hydrogens is 379 g/mol. The molecule has 0 aliphatic carbocycles. The van der Waals surface area contributed by atoms with Crippen molar-refractivity contribution in [3.8, 4) is 11.3 Å². The summed E-state index contributed by atoms with van der Waals surface area (Å²) in [7, 11) is -4.53. The molecule has 0 spiro atoms. The Balaban J connectivity index is 2.37. The summed E-state index contributed by atoms with van der Waals surface area (Å²) in [5.41, 5.74) is 2.00. The number of benzene rings is 1. The molecule has 0 atom stereocenters. The molecule has 1 N–H and O–H groups in total. The maximum atomic E-state index is 12.5. The standard InChI is InChI=1S/C18H24F3N3O2S/c1-5-15-11-16(24(6-2)22-15)13-8-7-9-14(10-13)17(3,4)23-27(25,26)12-18(19,20)21/h7-11,23H,5-6,12H2,1-4H3. The van der Waals surface area contributed by atoms with Gasteiger partial charge in [-0.05, 0) is 44.9 Å². The summed E-state index contributed by atoms with van der Waals surface area (Å²) >= 11 is 0. The Labute approximate surface area is 157 Å². The van der Waals surface area contributed by atoms with E-state index in [-0.39, 0.29) is 0 Å². The van der Waals surface area contributed by atoms with Crippen molar-refractivity contribution < 1.29 is 21.6 Å². The minimum atomic E-state index is -4.80. The van der Waals surface area contributed by atoms with Gasteiger partial charge in [-0.3, -0.25) is 4.68 Å². The van der Waals surface area contributed by atoms with Crippen LogP contribution in [0.2, 0.25) is 0 Å². The largest absolute Gasteiger partial charge is 0.404 e. The second-order valence-corrected chi connectivity index (χ2v) is 8.59. The minimum Gasteiger partial charge on any atom is -0.265 e. The van der Waals surface area contributed by atoms with Gasteiger partial charge in [-0.1, -0.05) is 25.1 Å². The molecule has 27 heavy (non-hydrogen) atoms. The highest BCUT2D eigenvalue weighted by molar-refractivity contribution is 7.89. The Bertz CT molecular complexity index is 903. The van der Waals surface area contributed by atoms with Crippen LogP contribution in [0.15, 0.2) is 30.3 Å². The second kappa shape index (κ2) is 7.63. The molecule has 0 fully saturated rings. The van der Waals surface area contributed by atoms with Crippen LogP contribution in [-0.2, 0) is 28.5 Å². The van der Waals surface area contributed by atoms with Crippen LogP contribution < -0.4 is 4.72 Å². The number of sulfonamides is 1. The van der Waals surface area contributed by atoms with E-state index < -0.39 is 27.5 Å². The highest BCUT2D eigenvalue weighted by atomic mass is 32.2. The van der Waals surface area contributed by atoms with Crippen LogP contribution in [0.1, 0.15) is 39.0 Å². The van der Waals surface area contributed by atoms with Gasteiger partial charge in [0, 0.05) is 12.1 Å². The average Bonchev–Trinajstić information content (AvgIpc) is 2.95. The molecule has 0 saturated carbocycles. The summed E-state index contributed by atoms with van der Waals surface area (Å²) in [5.74, 6) is -1.91. The average molecular weight is 403 g/mol. The molecule has 1 aromatic heterocycles. The van der Waals surface area contributed by atoms with E-state index in [1.807, 2.05) is 30.7 Å². The van der Waals surface area contributed by atoms with Gasteiger partial charge < -0.3 is 0 Å². The molecular formula is C18H24F3N3O2S. The van der Waals surface area contributed by atoms with Crippen molar-refractivity contribution in [2.75, 3.05) is 5.75 Å². The van der Waals surface area contributed by atoms with Crippen LogP contribution in [0.3, 0.4) is 0 Å². The molecule has 0 unspecified atom stereocenters. The Kier molecular flexibility index (Phi) is 6.06. The lowest BCUT2D eigenvalue weighted by atomic mass is 9.93. The highest BCUT2D eigenvalue weighted by Gasteiger charge is 2.38. The Morgan fingerprint density at radius 2 is 1.81 bits per heavy atom. The van der Waals surface area contributed by atoms with Crippen LogP contribution in [-0.4, -0.2) is 30.1 Å². The topological polar surface area (TPSA) is 64.0 Å². The number of alkyl halides is 3. The summed E-state index contributed by atoms with van der Waals surface area (Å²) in [6.07, 6.45) is -4.02. The van der Waals surface area contributed by atoms with Gasteiger partial charge in [-0.15, -0.1) is 0 Å². The predicted octanol–water partition coefficient (Wildman–Crippen LogP) is 3.85. The molecule has 2 aromatic rings. The lowest BCUT2D eigenvalue weighted by molar-refractivity contribution is -0.106. The molecule has 0 aliphatic heterocycles. The number of nitrogens with zero attached hydrogens (tertiary/aromatic N) is 2. The molecule has 9 heteroatoms. The first-order valence-electron chi connectivity index (χ1n) is 8.63. The quantitative estimate of drug-likeness (QED) is 0.764. The molecule has 1 heterocycles. The van der Waals surface area contributed by atoms with Crippen molar-refractivity contribution in [2.24, 2.45) is 0 Å². The van der Waals surface area contributed by atoms with Gasteiger partial charge in [0.05, 0.1) is 16.9 Å². The van der Waals surface area contributed by atoms with E-state index >= 15 is 0 Å². The number of aromatic nitrogens is 2. The first kappa shape index (κ1) is 21.4. The first-order valence-corrected chi connectivity index (χ1v) is 10.3. The monoisotopic (exact) mass is 403 g/mol. The SMILES string of the molecule is CCc1cc(-c2cccc(C(C)(C)NS(=O)(=O)CC(F)(F)F)c2)n(CC)n1. The number of hydrogen-bond acceptors (Lipinski definition) is 3. The van der Waals surface area contributed by atoms with Gasteiger partial charge in [0.15, 0.2) is 5.75 Å². The number of rotatable bonds is 7. The highest BCUT2D eigenvalue weighted by Crippen LogP contribution is 2.28. The van der Waals surface area contributed by atoms with E-state index in [4.69, 9.17) is 0 Å². The third-order valence-electron chi connectivity index (χ3n) is 4.14. The zero-order valence-corrected chi connectivity index (χ0v) is 16.6. The smallest absolute Gasteiger partial charge is 0.265 e. The summed E-state index contributed by atoms with van der Waals surface area (Å²) in [6, 6.07) is 9.05. The Morgan fingerprint density at radius 3 is 2.37 bits per heavy atom. The van der Waals surface area contributed by atoms with E-state index in [9.17, 15) is 21.6 Å². The number of halogens is 3. The molecule has 0 saturated heterocycles. The van der Waals surface area contributed by atoms with Crippen LogP contribution in [0.25, 0.3) is 11.3 Å². The molecule has 5 nitrogen and oxygen atoms in total. The maximum absolute atomic E-state index is 12.5. The number of hydrogen-bond donors (Lipinski definition) is 1. The summed E-state index contributed by atoms with van der Waals surface area (Å²) < 4.78 is 65.3. The molecule has 0 aliphatic rings. The van der Waals surface area contributed by atoms with E-state index in [2.05, 4.69) is 9.82 Å². The van der Waals surface area contributed by atoms with Gasteiger partial charge in [0.25, 0.3) is 0 Å². The van der Waals surface area contributed by atoms with Crippen LogP contribution in [0.5, 0.6) is 0 Å². The number of nitrogens with one attached hydrogen (secondary N) is 1. The lowest BCUT2D eigenvalue weighted by Gasteiger charge is -2.27. The van der Waals surface area contributed by atoms with E-state index in [1.165, 1.54) is 13.8 Å². The third kappa shape index (κ3) is 5.55. The van der Waals surface area contributed by atoms with Crippen LogP contribution >= 0.6 is 0 Å². The predicted molar refractivity (Wildman–Crippen MR) is 98.7 cm³/mol. The van der Waals surface area contributed by atoms with Gasteiger partial charge in [0.1, 0.15) is 0 Å². The maximum Gasteiger partial charge on any atom is 0.404 e. The van der Waals surface area contributed by atoms with Crippen molar-refractivity contribution in [1.82, 2.24) is 14.5 Å². The first-order chi connectivity index (χ1) is 12.4. The fourth-order valence-electron chi connectivity index (χ4n) is 2.88. The van der Waals surface area contributed by atoms with E-state index in [0.717, 1.165) is 23.4 Å². The van der Waals surface area contributed by atoms with Crippen molar-refractivity contribution in [1.29, 1.82) is 0 Å². The molecule has 0 amide bonds. The van der Waals surface area contributed by atoms with Crippen LogP contribution in [0, 0.1) is 0 Å². The minimum absolute atomic E-state index is 0.563. The summed E-state index contributed by atoms with van der Waals surface area (Å²) in [5, 5.41) is 4.50. The van der Waals surface area contributed by atoms with Gasteiger partial charge in [-0.25, -0.2) is 13.1 Å². The Hall–Kier alpha value is -1.87. The molecule has 0 radical (unpaired) electrons. The molecule has 2 rings (SSSR count). The normalized spacial score (nSPS) is 13.1. The van der Waals surface area contributed by atoms with Gasteiger partial charge >= 0.3 is 6.18 Å². The van der Waals surface area contributed by atoms with E-state index in [0.29, 0.717) is 12.1 Å². The van der Waals surface area contributed by atoms with Gasteiger partial charge in [-0.2, -0.15) is 18.3 Å². The van der Waals surface area contributed by atoms with Crippen molar-refractivity contribution in [3.05, 3.63) is 41.6 Å². The van der Waals surface area contributed by atoms with Crippen molar-refractivity contribution in [3.63, 3.8) is 0 Å². The third-order valence-corrected chi connectivity index (χ3v) is 5.67. The van der Waals surface area contributed by atoms with Crippen molar-refractivity contribution >= 4 is 10.0 Å². The fourth-order valence-corrected chi connectivity index (χ4v) is 4.28. The summed E-state index contributed by atoms with van der Waals surface area (Å²) in [4.78, 5) is 0. The zero-order chi connectivity index (χ0) is 20.5. The molecule has 0 bridgehead atoms. The van der Waals surface area contributed by atoms with Crippen molar-refractivity contribution in [2.45, 2.75) is 52.4 Å². The summed E-state index contributed by atoms with van der Waals surface area (Å²) in [6.45, 7) is 7.71. The molecule has 150 valence electrons.